The van der Waals surface area contributed by atoms with E-state index >= 15 is 0 Å². The summed E-state index contributed by atoms with van der Waals surface area (Å²) in [6, 6.07) is 6.03. The van der Waals surface area contributed by atoms with Gasteiger partial charge in [-0.25, -0.2) is 0 Å². The summed E-state index contributed by atoms with van der Waals surface area (Å²) < 4.78 is 5.77. The van der Waals surface area contributed by atoms with Crippen LogP contribution in [-0.4, -0.2) is 49.2 Å². The molecule has 0 aliphatic carbocycles. The average molecular weight is 325 g/mol. The van der Waals surface area contributed by atoms with Gasteiger partial charge in [-0.15, -0.1) is 0 Å². The first kappa shape index (κ1) is 17.3. The third kappa shape index (κ3) is 4.45. The van der Waals surface area contributed by atoms with Crippen LogP contribution >= 0.6 is 11.6 Å². The molecule has 0 radical (unpaired) electrons. The van der Waals surface area contributed by atoms with Crippen molar-refractivity contribution in [3.05, 3.63) is 34.3 Å². The number of benzene rings is 1. The molecule has 1 atom stereocenters. The zero-order valence-corrected chi connectivity index (χ0v) is 14.3. The van der Waals surface area contributed by atoms with Crippen molar-refractivity contribution in [1.82, 2.24) is 10.2 Å². The van der Waals surface area contributed by atoms with Gasteiger partial charge >= 0.3 is 0 Å². The maximum Gasteiger partial charge on any atom is 0.252 e. The van der Waals surface area contributed by atoms with Crippen molar-refractivity contribution in [1.29, 1.82) is 0 Å². The number of carbonyl (C=O) groups is 1. The van der Waals surface area contributed by atoms with Crippen LogP contribution in [0.1, 0.15) is 36.2 Å². The summed E-state index contributed by atoms with van der Waals surface area (Å²) in [7, 11) is 0. The van der Waals surface area contributed by atoms with Crippen LogP contribution in [0.4, 0.5) is 0 Å². The number of halogens is 1. The van der Waals surface area contributed by atoms with Crippen LogP contribution in [0.2, 0.25) is 5.02 Å². The van der Waals surface area contributed by atoms with Gasteiger partial charge in [0.25, 0.3) is 5.91 Å². The van der Waals surface area contributed by atoms with Crippen molar-refractivity contribution in [3.8, 4) is 0 Å². The minimum absolute atomic E-state index is 0.120. The molecule has 1 N–H and O–H groups in total. The van der Waals surface area contributed by atoms with Gasteiger partial charge in [0, 0.05) is 25.7 Å². The van der Waals surface area contributed by atoms with Gasteiger partial charge in [-0.1, -0.05) is 23.7 Å². The molecule has 122 valence electrons. The zero-order valence-electron chi connectivity index (χ0n) is 13.6. The van der Waals surface area contributed by atoms with Crippen molar-refractivity contribution in [2.45, 2.75) is 39.3 Å². The third-order valence-corrected chi connectivity index (χ3v) is 4.59. The van der Waals surface area contributed by atoms with Crippen LogP contribution in [0.15, 0.2) is 18.2 Å². The topological polar surface area (TPSA) is 41.6 Å². The second kappa shape index (κ2) is 7.95. The first-order valence-electron chi connectivity index (χ1n) is 7.88. The fourth-order valence-electron chi connectivity index (χ4n) is 2.65. The van der Waals surface area contributed by atoms with E-state index in [4.69, 9.17) is 16.3 Å². The van der Waals surface area contributed by atoms with Crippen LogP contribution in [0.5, 0.6) is 0 Å². The summed E-state index contributed by atoms with van der Waals surface area (Å²) >= 11 is 6.18. The summed E-state index contributed by atoms with van der Waals surface area (Å²) in [5.41, 5.74) is 1.45. The number of morpholine rings is 1. The van der Waals surface area contributed by atoms with E-state index in [1.807, 2.05) is 19.1 Å². The number of hydrogen-bond acceptors (Lipinski definition) is 3. The molecule has 1 aromatic rings. The average Bonchev–Trinajstić information content (AvgIpc) is 2.50. The smallest absolute Gasteiger partial charge is 0.252 e. The fourth-order valence-corrected chi connectivity index (χ4v) is 2.86. The SMILES string of the molecule is Cc1cccc(C(=O)NCC[C@@H]2CN(C(C)C)CCO2)c1Cl. The van der Waals surface area contributed by atoms with E-state index in [-0.39, 0.29) is 12.0 Å². The number of hydrogen-bond donors (Lipinski definition) is 1. The Balaban J connectivity index is 1.81. The van der Waals surface area contributed by atoms with Crippen LogP contribution in [0.25, 0.3) is 0 Å². The number of nitrogens with zero attached hydrogens (tertiary/aromatic N) is 1. The van der Waals surface area contributed by atoms with Crippen molar-refractivity contribution in [2.24, 2.45) is 0 Å². The van der Waals surface area contributed by atoms with Crippen LogP contribution in [-0.2, 0) is 4.74 Å². The first-order valence-corrected chi connectivity index (χ1v) is 8.25. The predicted octanol–water partition coefficient (Wildman–Crippen LogP) is 2.88. The Morgan fingerprint density at radius 2 is 2.27 bits per heavy atom. The van der Waals surface area contributed by atoms with Crippen molar-refractivity contribution in [2.75, 3.05) is 26.2 Å². The molecule has 0 saturated carbocycles. The number of nitrogens with one attached hydrogen (secondary N) is 1. The summed E-state index contributed by atoms with van der Waals surface area (Å²) in [6.07, 6.45) is 1.00. The highest BCUT2D eigenvalue weighted by molar-refractivity contribution is 6.34. The molecule has 0 bridgehead atoms. The normalized spacial score (nSPS) is 19.4. The van der Waals surface area contributed by atoms with Crippen molar-refractivity contribution in [3.63, 3.8) is 0 Å². The van der Waals surface area contributed by atoms with E-state index < -0.39 is 0 Å². The van der Waals surface area contributed by atoms with Crippen molar-refractivity contribution < 1.29 is 9.53 Å². The summed E-state index contributed by atoms with van der Waals surface area (Å²) in [4.78, 5) is 14.6. The quantitative estimate of drug-likeness (QED) is 0.905. The van der Waals surface area contributed by atoms with Crippen molar-refractivity contribution >= 4 is 17.5 Å². The Hall–Kier alpha value is -1.10. The molecule has 1 heterocycles. The van der Waals surface area contributed by atoms with Gasteiger partial charge in [0.15, 0.2) is 0 Å². The standard InChI is InChI=1S/C17H25ClN2O2/c1-12(2)20-9-10-22-14(11-20)7-8-19-17(21)15-6-4-5-13(3)16(15)18/h4-6,12,14H,7-11H2,1-3H3,(H,19,21)/t14-/m1/s1. The van der Waals surface area contributed by atoms with E-state index in [9.17, 15) is 4.79 Å². The second-order valence-electron chi connectivity index (χ2n) is 6.06. The lowest BCUT2D eigenvalue weighted by atomic mass is 10.1. The van der Waals surface area contributed by atoms with Gasteiger partial charge in [0.05, 0.1) is 23.3 Å². The van der Waals surface area contributed by atoms with Gasteiger partial charge in [-0.05, 0) is 38.8 Å². The molecule has 1 aliphatic heterocycles. The lowest BCUT2D eigenvalue weighted by Gasteiger charge is -2.35. The first-order chi connectivity index (χ1) is 10.5. The van der Waals surface area contributed by atoms with Crippen LogP contribution in [0, 0.1) is 6.92 Å². The Labute approximate surface area is 137 Å². The number of carbonyl (C=O) groups excluding carboxylic acids is 1. The number of rotatable bonds is 5. The zero-order chi connectivity index (χ0) is 16.1. The van der Waals surface area contributed by atoms with Gasteiger partial charge in [0.2, 0.25) is 0 Å². The molecule has 2 rings (SSSR count). The minimum Gasteiger partial charge on any atom is -0.375 e. The lowest BCUT2D eigenvalue weighted by molar-refractivity contribution is -0.0412. The maximum atomic E-state index is 12.2. The molecule has 1 amide bonds. The Morgan fingerprint density at radius 1 is 1.50 bits per heavy atom. The Bertz CT molecular complexity index is 519. The summed E-state index contributed by atoms with van der Waals surface area (Å²) in [6.45, 7) is 9.57. The summed E-state index contributed by atoms with van der Waals surface area (Å²) in [5.74, 6) is -0.120. The number of ether oxygens (including phenoxy) is 1. The highest BCUT2D eigenvalue weighted by Gasteiger charge is 2.22. The maximum absolute atomic E-state index is 12.2. The molecule has 0 spiro atoms. The molecule has 0 aromatic heterocycles. The van der Waals surface area contributed by atoms with Gasteiger partial charge in [0.1, 0.15) is 0 Å². The van der Waals surface area contributed by atoms with E-state index in [2.05, 4.69) is 24.1 Å². The molecule has 4 nitrogen and oxygen atoms in total. The molecular weight excluding hydrogens is 300 g/mol. The third-order valence-electron chi connectivity index (χ3n) is 4.09. The molecular formula is C17H25ClN2O2. The molecule has 1 aromatic carbocycles. The van der Waals surface area contributed by atoms with Gasteiger partial charge in [-0.3, -0.25) is 9.69 Å². The molecule has 0 unspecified atom stereocenters. The van der Waals surface area contributed by atoms with E-state index in [0.29, 0.717) is 23.2 Å². The lowest BCUT2D eigenvalue weighted by Crippen LogP contribution is -2.46. The monoisotopic (exact) mass is 324 g/mol. The fraction of sp³-hybridized carbons (Fsp3) is 0.588. The largest absolute Gasteiger partial charge is 0.375 e. The minimum atomic E-state index is -0.120. The van der Waals surface area contributed by atoms with E-state index in [0.717, 1.165) is 31.7 Å². The molecule has 1 aliphatic rings. The molecule has 1 fully saturated rings. The highest BCUT2D eigenvalue weighted by atomic mass is 35.5. The Morgan fingerprint density at radius 3 is 3.00 bits per heavy atom. The van der Waals surface area contributed by atoms with Crippen LogP contribution in [0.3, 0.4) is 0 Å². The Kier molecular flexibility index (Phi) is 6.24. The number of amides is 1. The molecule has 22 heavy (non-hydrogen) atoms. The van der Waals surface area contributed by atoms with Crippen LogP contribution < -0.4 is 5.32 Å². The van der Waals surface area contributed by atoms with Gasteiger partial charge < -0.3 is 10.1 Å². The van der Waals surface area contributed by atoms with E-state index in [1.165, 1.54) is 0 Å². The highest BCUT2D eigenvalue weighted by Crippen LogP contribution is 2.20. The number of aryl methyl sites for hydroxylation is 1. The predicted molar refractivity (Wildman–Crippen MR) is 89.6 cm³/mol. The molecule has 1 saturated heterocycles. The van der Waals surface area contributed by atoms with Gasteiger partial charge in [-0.2, -0.15) is 0 Å². The van der Waals surface area contributed by atoms with E-state index in [1.54, 1.807) is 6.07 Å². The second-order valence-corrected chi connectivity index (χ2v) is 6.44. The summed E-state index contributed by atoms with van der Waals surface area (Å²) in [5, 5.41) is 3.46. The molecule has 5 heteroatoms.